The lowest BCUT2D eigenvalue weighted by molar-refractivity contribution is -0.116. The lowest BCUT2D eigenvalue weighted by Gasteiger charge is -2.10. The number of furan rings is 1. The van der Waals surface area contributed by atoms with Gasteiger partial charge < -0.3 is 9.73 Å². The van der Waals surface area contributed by atoms with E-state index in [1.165, 1.54) is 12.1 Å². The van der Waals surface area contributed by atoms with Crippen molar-refractivity contribution in [2.75, 3.05) is 5.32 Å². The maximum absolute atomic E-state index is 13.6. The summed E-state index contributed by atoms with van der Waals surface area (Å²) in [5.74, 6) is -0.0308. The van der Waals surface area contributed by atoms with E-state index in [-0.39, 0.29) is 10.8 Å². The molecule has 1 amide bonds. The minimum Gasteiger partial charge on any atom is -0.460 e. The van der Waals surface area contributed by atoms with Crippen molar-refractivity contribution in [2.45, 2.75) is 13.3 Å². The number of hydrogen-bond acceptors (Lipinski definition) is 3. The molecule has 0 saturated heterocycles. The minimum absolute atomic E-state index is 0.0739. The van der Waals surface area contributed by atoms with Gasteiger partial charge in [0.25, 0.3) is 5.91 Å². The van der Waals surface area contributed by atoms with Crippen LogP contribution in [-0.2, 0) is 11.2 Å². The smallest absolute Gasteiger partial charge is 0.262 e. The molecule has 5 nitrogen and oxygen atoms in total. The van der Waals surface area contributed by atoms with Gasteiger partial charge in [-0.15, -0.1) is 0 Å². The summed E-state index contributed by atoms with van der Waals surface area (Å²) in [5, 5.41) is 3.69. The highest BCUT2D eigenvalue weighted by molar-refractivity contribution is 7.80. The summed E-state index contributed by atoms with van der Waals surface area (Å²) in [6.07, 6.45) is 3.80. The summed E-state index contributed by atoms with van der Waals surface area (Å²) in [5.41, 5.74) is 6.84. The molecular weight excluding hydrogens is 365 g/mol. The Labute approximate surface area is 161 Å². The first-order valence-electron chi connectivity index (χ1n) is 8.38. The Morgan fingerprint density at radius 3 is 2.67 bits per heavy atom. The number of carbonyl (C=O) groups excluding carboxylic acids is 1. The monoisotopic (exact) mass is 383 g/mol. The Kier molecular flexibility index (Phi) is 5.83. The Morgan fingerprint density at radius 1 is 1.15 bits per heavy atom. The molecule has 0 fully saturated rings. The molecule has 3 N–H and O–H groups in total. The summed E-state index contributed by atoms with van der Waals surface area (Å²) in [6, 6.07) is 13.8. The van der Waals surface area contributed by atoms with E-state index in [4.69, 9.17) is 16.6 Å². The molecule has 3 rings (SSSR count). The fraction of sp³-hybridized carbons (Fsp3) is 0.100. The number of hydrogen-bond donors (Lipinski definition) is 3. The highest BCUT2D eigenvalue weighted by Gasteiger charge is 2.10. The third-order valence-electron chi connectivity index (χ3n) is 3.85. The topological polar surface area (TPSA) is 66.3 Å². The van der Waals surface area contributed by atoms with Gasteiger partial charge in [-0.2, -0.15) is 0 Å². The molecule has 2 aromatic carbocycles. The Morgan fingerprint density at radius 2 is 1.89 bits per heavy atom. The second-order valence-corrected chi connectivity index (χ2v) is 6.08. The van der Waals surface area contributed by atoms with E-state index in [2.05, 4.69) is 16.2 Å². The molecule has 0 bridgehead atoms. The van der Waals surface area contributed by atoms with Crippen LogP contribution in [0.4, 0.5) is 10.1 Å². The summed E-state index contributed by atoms with van der Waals surface area (Å²) in [7, 11) is 0. The number of amides is 1. The number of halogens is 1. The number of rotatable bonds is 4. The molecule has 0 radical (unpaired) electrons. The number of thiocarbonyl (C=S) groups is 1. The van der Waals surface area contributed by atoms with Crippen LogP contribution in [0.25, 0.3) is 17.0 Å². The quantitative estimate of drug-likeness (QED) is 0.359. The van der Waals surface area contributed by atoms with E-state index in [9.17, 15) is 9.18 Å². The van der Waals surface area contributed by atoms with Crippen molar-refractivity contribution in [3.8, 4) is 0 Å². The average molecular weight is 383 g/mol. The normalized spacial score (nSPS) is 10.9. The second kappa shape index (κ2) is 8.46. The van der Waals surface area contributed by atoms with Gasteiger partial charge in [-0.25, -0.2) is 4.39 Å². The number of anilines is 1. The van der Waals surface area contributed by atoms with Crippen LogP contribution in [0.5, 0.6) is 0 Å². The van der Waals surface area contributed by atoms with Crippen molar-refractivity contribution in [3.63, 3.8) is 0 Å². The van der Waals surface area contributed by atoms with Gasteiger partial charge in [0.05, 0.1) is 5.69 Å². The van der Waals surface area contributed by atoms with Crippen LogP contribution in [0.1, 0.15) is 18.2 Å². The number of carbonyl (C=O) groups is 1. The first-order valence-corrected chi connectivity index (χ1v) is 8.79. The molecule has 0 unspecified atom stereocenters. The number of nitrogens with one attached hydrogen (secondary N) is 3. The predicted molar refractivity (Wildman–Crippen MR) is 109 cm³/mol. The molecule has 0 atom stereocenters. The average Bonchev–Trinajstić information content (AvgIpc) is 3.04. The number of fused-ring (bicyclic) bond motifs is 1. The Balaban J connectivity index is 1.61. The van der Waals surface area contributed by atoms with Crippen LogP contribution >= 0.6 is 12.2 Å². The third kappa shape index (κ3) is 4.51. The van der Waals surface area contributed by atoms with Gasteiger partial charge in [0, 0.05) is 23.4 Å². The zero-order chi connectivity index (χ0) is 19.2. The fourth-order valence-electron chi connectivity index (χ4n) is 2.60. The molecule has 138 valence electrons. The summed E-state index contributed by atoms with van der Waals surface area (Å²) >= 11 is 5.04. The molecule has 0 aliphatic heterocycles. The van der Waals surface area contributed by atoms with Crippen molar-refractivity contribution >= 4 is 46.0 Å². The molecule has 0 spiro atoms. The van der Waals surface area contributed by atoms with Crippen molar-refractivity contribution in [1.29, 1.82) is 0 Å². The van der Waals surface area contributed by atoms with E-state index in [1.807, 2.05) is 31.2 Å². The SMILES string of the molecule is CCc1oc2ccccc2c1/C=C/C(=O)NNC(=S)Nc1ccccc1F. The van der Waals surface area contributed by atoms with Gasteiger partial charge in [0.1, 0.15) is 17.2 Å². The maximum Gasteiger partial charge on any atom is 0.262 e. The summed E-state index contributed by atoms with van der Waals surface area (Å²) < 4.78 is 19.4. The number of benzene rings is 2. The molecule has 7 heteroatoms. The number of aryl methyl sites for hydroxylation is 1. The van der Waals surface area contributed by atoms with E-state index in [0.717, 1.165) is 22.3 Å². The molecule has 1 heterocycles. The number of hydrazine groups is 1. The molecule has 0 aliphatic carbocycles. The lowest BCUT2D eigenvalue weighted by Crippen LogP contribution is -2.43. The van der Waals surface area contributed by atoms with Gasteiger partial charge in [-0.3, -0.25) is 15.6 Å². The van der Waals surface area contributed by atoms with Crippen molar-refractivity contribution < 1.29 is 13.6 Å². The first kappa shape index (κ1) is 18.6. The van der Waals surface area contributed by atoms with Gasteiger partial charge in [0.2, 0.25) is 0 Å². The van der Waals surface area contributed by atoms with Crippen molar-refractivity contribution in [1.82, 2.24) is 10.9 Å². The largest absolute Gasteiger partial charge is 0.460 e. The predicted octanol–water partition coefficient (Wildman–Crippen LogP) is 4.17. The zero-order valence-electron chi connectivity index (χ0n) is 14.6. The molecule has 3 aromatic rings. The summed E-state index contributed by atoms with van der Waals surface area (Å²) in [6.45, 7) is 1.99. The van der Waals surface area contributed by atoms with Crippen LogP contribution in [-0.4, -0.2) is 11.0 Å². The van der Waals surface area contributed by atoms with Gasteiger partial charge in [-0.1, -0.05) is 37.3 Å². The van der Waals surface area contributed by atoms with E-state index in [1.54, 1.807) is 24.3 Å². The number of para-hydroxylation sites is 2. The van der Waals surface area contributed by atoms with Crippen molar-refractivity contribution in [3.05, 3.63) is 71.7 Å². The van der Waals surface area contributed by atoms with Crippen LogP contribution in [0.15, 0.2) is 59.0 Å². The highest BCUT2D eigenvalue weighted by Crippen LogP contribution is 2.27. The summed E-state index contributed by atoms with van der Waals surface area (Å²) in [4.78, 5) is 12.0. The van der Waals surface area contributed by atoms with Crippen LogP contribution in [0.2, 0.25) is 0 Å². The first-order chi connectivity index (χ1) is 13.1. The lowest BCUT2D eigenvalue weighted by atomic mass is 10.1. The molecule has 27 heavy (non-hydrogen) atoms. The Bertz CT molecular complexity index is 1010. The standard InChI is InChI=1S/C20H18FN3O2S/c1-2-17-14(13-7-3-6-10-18(13)26-17)11-12-19(25)23-24-20(27)22-16-9-5-4-8-15(16)21/h3-12H,2H2,1H3,(H,23,25)(H2,22,24,27)/b12-11+. The molecule has 0 saturated carbocycles. The van der Waals surface area contributed by atoms with E-state index in [0.29, 0.717) is 6.42 Å². The van der Waals surface area contributed by atoms with E-state index < -0.39 is 11.7 Å². The maximum atomic E-state index is 13.6. The van der Waals surface area contributed by atoms with Crippen LogP contribution in [0.3, 0.4) is 0 Å². The minimum atomic E-state index is -0.438. The second-order valence-electron chi connectivity index (χ2n) is 5.67. The van der Waals surface area contributed by atoms with Crippen molar-refractivity contribution in [2.24, 2.45) is 0 Å². The van der Waals surface area contributed by atoms with E-state index >= 15 is 0 Å². The Hall–Kier alpha value is -3.19. The fourth-order valence-corrected chi connectivity index (χ4v) is 2.76. The van der Waals surface area contributed by atoms with Gasteiger partial charge >= 0.3 is 0 Å². The molecule has 1 aromatic heterocycles. The highest BCUT2D eigenvalue weighted by atomic mass is 32.1. The van der Waals surface area contributed by atoms with Gasteiger partial charge in [-0.05, 0) is 36.5 Å². The molecular formula is C20H18FN3O2S. The molecule has 0 aliphatic rings. The van der Waals surface area contributed by atoms with Crippen LogP contribution in [0, 0.1) is 5.82 Å². The third-order valence-corrected chi connectivity index (χ3v) is 4.06. The zero-order valence-corrected chi connectivity index (χ0v) is 15.4. The van der Waals surface area contributed by atoms with Crippen LogP contribution < -0.4 is 16.2 Å². The van der Waals surface area contributed by atoms with Gasteiger partial charge in [0.15, 0.2) is 5.11 Å².